The molecule has 0 aromatic carbocycles. The number of H-pyrrole nitrogens is 2. The van der Waals surface area contributed by atoms with Gasteiger partial charge in [-0.1, -0.05) is 53.0 Å². The van der Waals surface area contributed by atoms with E-state index in [2.05, 4.69) is 134 Å². The normalized spacial score (nSPS) is 20.4. The van der Waals surface area contributed by atoms with Crippen LogP contribution >= 0.6 is 0 Å². The van der Waals surface area contributed by atoms with Gasteiger partial charge in [0, 0.05) is 65.0 Å². The zero-order valence-corrected chi connectivity index (χ0v) is 36.6. The van der Waals surface area contributed by atoms with Gasteiger partial charge in [0.15, 0.2) is 0 Å². The van der Waals surface area contributed by atoms with Gasteiger partial charge in [-0.2, -0.15) is 0 Å². The highest BCUT2D eigenvalue weighted by atomic mass is 16.2. The second-order valence-electron chi connectivity index (χ2n) is 15.9. The largest absolute Gasteiger partial charge is 0.375 e. The van der Waals surface area contributed by atoms with E-state index in [9.17, 15) is 9.59 Å². The molecule has 0 aliphatic carbocycles. The second kappa shape index (κ2) is 20.8. The lowest BCUT2D eigenvalue weighted by Gasteiger charge is -2.17. The van der Waals surface area contributed by atoms with Gasteiger partial charge >= 0.3 is 0 Å². The summed E-state index contributed by atoms with van der Waals surface area (Å²) in [5, 5.41) is 16.0. The lowest BCUT2D eigenvalue weighted by atomic mass is 9.98. The Kier molecular flexibility index (Phi) is 15.9. The third-order valence-electron chi connectivity index (χ3n) is 12.5. The highest BCUT2D eigenvalue weighted by molar-refractivity contribution is 5.78. The number of hydrogen-bond donors (Lipinski definition) is 6. The maximum absolute atomic E-state index is 13.2. The van der Waals surface area contributed by atoms with Crippen LogP contribution in [0.25, 0.3) is 30.4 Å². The number of aromatic nitrogens is 2. The molecule has 10 nitrogen and oxygen atoms in total. The van der Waals surface area contributed by atoms with Gasteiger partial charge in [-0.15, -0.1) is 0 Å². The van der Waals surface area contributed by atoms with Crippen molar-refractivity contribution in [2.75, 3.05) is 52.4 Å². The van der Waals surface area contributed by atoms with Crippen LogP contribution in [0.3, 0.4) is 0 Å². The van der Waals surface area contributed by atoms with Gasteiger partial charge in [-0.25, -0.2) is 0 Å². The van der Waals surface area contributed by atoms with Crippen molar-refractivity contribution >= 4 is 42.2 Å². The van der Waals surface area contributed by atoms with E-state index in [-0.39, 0.29) is 23.9 Å². The molecule has 5 rings (SSSR count). The Balaban J connectivity index is 1.52. The van der Waals surface area contributed by atoms with Crippen LogP contribution in [0.2, 0.25) is 0 Å². The number of nitrogens with one attached hydrogen (secondary N) is 6. The lowest BCUT2D eigenvalue weighted by molar-refractivity contribution is -0.121. The SMILES string of the molecule is C=CC1=C(C)/C2=C/c3[nH]c(c(CCC(=O)NCCCN(CC)CC)c3C)/C=C3\NC(/C=c4\[nH]/c(c(C)c4C=C)=C\C1N2)C(C)=C3CCC(=O)NCCCN(CC)CC. The molecule has 0 saturated heterocycles. The number of hydrogen-bond acceptors (Lipinski definition) is 6. The molecule has 3 aliphatic rings. The molecule has 8 bridgehead atoms. The third kappa shape index (κ3) is 10.4. The summed E-state index contributed by atoms with van der Waals surface area (Å²) in [6.07, 6.45) is 16.6. The second-order valence-corrected chi connectivity index (χ2v) is 15.9. The molecule has 0 saturated carbocycles. The number of rotatable bonds is 20. The summed E-state index contributed by atoms with van der Waals surface area (Å²) < 4.78 is 0. The first-order chi connectivity index (χ1) is 28.0. The Morgan fingerprint density at radius 3 is 1.86 bits per heavy atom. The van der Waals surface area contributed by atoms with Gasteiger partial charge in [0.05, 0.1) is 12.1 Å². The van der Waals surface area contributed by atoms with Crippen molar-refractivity contribution in [1.29, 1.82) is 0 Å². The monoisotopic (exact) mass is 791 g/mol. The predicted octanol–water partition coefficient (Wildman–Crippen LogP) is 5.73. The first kappa shape index (κ1) is 44.3. The highest BCUT2D eigenvalue weighted by Gasteiger charge is 2.28. The van der Waals surface area contributed by atoms with E-state index >= 15 is 0 Å². The first-order valence-electron chi connectivity index (χ1n) is 21.7. The number of amides is 2. The first-order valence-corrected chi connectivity index (χ1v) is 21.7. The average molecular weight is 791 g/mol. The summed E-state index contributed by atoms with van der Waals surface area (Å²) in [5.74, 6) is 0.131. The molecule has 2 atom stereocenters. The Labute approximate surface area is 347 Å². The predicted molar refractivity (Wildman–Crippen MR) is 243 cm³/mol. The minimum atomic E-state index is -0.0982. The summed E-state index contributed by atoms with van der Waals surface area (Å²) >= 11 is 0. The zero-order valence-electron chi connectivity index (χ0n) is 36.6. The number of allylic oxidation sites excluding steroid dienone is 2. The van der Waals surface area contributed by atoms with E-state index in [0.29, 0.717) is 38.8 Å². The molecule has 0 radical (unpaired) electrons. The maximum atomic E-state index is 13.2. The topological polar surface area (TPSA) is 120 Å². The fourth-order valence-electron chi connectivity index (χ4n) is 8.59. The Bertz CT molecular complexity index is 2080. The number of nitrogens with zero attached hydrogens (tertiary/aromatic N) is 2. The summed E-state index contributed by atoms with van der Waals surface area (Å²) in [7, 11) is 0. The minimum Gasteiger partial charge on any atom is -0.375 e. The molecule has 2 aromatic heterocycles. The number of aromatic amines is 2. The Morgan fingerprint density at radius 2 is 1.28 bits per heavy atom. The molecular weight excluding hydrogens is 721 g/mol. The molecule has 314 valence electrons. The van der Waals surface area contributed by atoms with Crippen LogP contribution in [0.15, 0.2) is 52.9 Å². The van der Waals surface area contributed by atoms with E-state index in [1.165, 1.54) is 5.57 Å². The molecule has 0 spiro atoms. The van der Waals surface area contributed by atoms with Crippen LogP contribution in [0.5, 0.6) is 0 Å². The van der Waals surface area contributed by atoms with Gasteiger partial charge in [0.1, 0.15) is 0 Å². The van der Waals surface area contributed by atoms with E-state index < -0.39 is 0 Å². The van der Waals surface area contributed by atoms with E-state index in [1.54, 1.807) is 0 Å². The number of carbonyl (C=O) groups is 2. The van der Waals surface area contributed by atoms with Crippen LogP contribution in [0.4, 0.5) is 0 Å². The Morgan fingerprint density at radius 1 is 0.707 bits per heavy atom. The lowest BCUT2D eigenvalue weighted by Crippen LogP contribution is -2.30. The van der Waals surface area contributed by atoms with Crippen molar-refractivity contribution in [3.63, 3.8) is 0 Å². The molecule has 10 heteroatoms. The van der Waals surface area contributed by atoms with E-state index in [1.807, 2.05) is 12.2 Å². The van der Waals surface area contributed by atoms with Crippen LogP contribution in [-0.2, 0) is 16.0 Å². The minimum absolute atomic E-state index is 0.0631. The van der Waals surface area contributed by atoms with Gasteiger partial charge in [-0.05, 0) is 156 Å². The van der Waals surface area contributed by atoms with Crippen LogP contribution in [-0.4, -0.2) is 96.0 Å². The van der Waals surface area contributed by atoms with Gasteiger partial charge in [-0.3, -0.25) is 9.59 Å². The molecule has 6 N–H and O–H groups in total. The van der Waals surface area contributed by atoms with Crippen molar-refractivity contribution in [3.8, 4) is 0 Å². The van der Waals surface area contributed by atoms with Crippen molar-refractivity contribution in [2.24, 2.45) is 0 Å². The van der Waals surface area contributed by atoms with Gasteiger partial charge in [0.2, 0.25) is 11.8 Å². The number of fused-ring (bicyclic) bond motifs is 8. The van der Waals surface area contributed by atoms with E-state index in [4.69, 9.17) is 0 Å². The molecule has 0 fully saturated rings. The smallest absolute Gasteiger partial charge is 0.220 e. The summed E-state index contributed by atoms with van der Waals surface area (Å²) in [5.41, 5.74) is 13.0. The maximum Gasteiger partial charge on any atom is 0.220 e. The van der Waals surface area contributed by atoms with Crippen molar-refractivity contribution in [1.82, 2.24) is 41.0 Å². The number of carbonyl (C=O) groups excluding carboxylic acids is 2. The third-order valence-corrected chi connectivity index (χ3v) is 12.5. The molecule has 2 amide bonds. The molecule has 2 aromatic rings. The highest BCUT2D eigenvalue weighted by Crippen LogP contribution is 2.34. The summed E-state index contributed by atoms with van der Waals surface area (Å²) in [6, 6.07) is -0.161. The molecule has 58 heavy (non-hydrogen) atoms. The van der Waals surface area contributed by atoms with Crippen LogP contribution in [0, 0.1) is 13.8 Å². The molecule has 2 unspecified atom stereocenters. The van der Waals surface area contributed by atoms with Crippen LogP contribution < -0.4 is 32.0 Å². The quantitative estimate of drug-likeness (QED) is 0.0955. The zero-order chi connectivity index (χ0) is 41.9. The van der Waals surface area contributed by atoms with Crippen molar-refractivity contribution < 1.29 is 9.59 Å². The molecule has 3 aliphatic heterocycles. The Hall–Kier alpha value is -4.80. The fourth-order valence-corrected chi connectivity index (χ4v) is 8.59. The summed E-state index contributed by atoms with van der Waals surface area (Å²) in [6.45, 7) is 33.0. The summed E-state index contributed by atoms with van der Waals surface area (Å²) in [4.78, 5) is 38.7. The van der Waals surface area contributed by atoms with Crippen molar-refractivity contribution in [2.45, 2.75) is 106 Å². The standard InChI is InChI=1S/C48H70N8O2/c1-11-35-31(7)39-27-40-33(9)37(19-21-47(57)49-23-17-25-55(13-3)14-4)45(53-40)30-46-38(20-22-48(58)50-24-18-26-56(15-5)16-6)34(10)42(54-46)29-44-36(12-2)32(8)41(52-44)28-43(35)51-39/h11-12,27-30,42-43,51-54H,1-2,13-26H2,3-10H3,(H,49,57)(H,50,58)/b39-27-,41-28-,44-29-,46-30-. The fraction of sp³-hybridized carbons (Fsp3) is 0.500. The van der Waals surface area contributed by atoms with Gasteiger partial charge < -0.3 is 41.0 Å². The molecule has 5 heterocycles. The van der Waals surface area contributed by atoms with E-state index in [0.717, 1.165) is 125 Å². The van der Waals surface area contributed by atoms with Crippen LogP contribution in [0.1, 0.15) is 107 Å². The molecular formula is C48H70N8O2. The van der Waals surface area contributed by atoms with Gasteiger partial charge in [0.25, 0.3) is 0 Å². The van der Waals surface area contributed by atoms with Crippen molar-refractivity contribution in [3.05, 3.63) is 97.3 Å². The average Bonchev–Trinajstić information content (AvgIpc) is 3.88.